The van der Waals surface area contributed by atoms with Crippen LogP contribution >= 0.6 is 15.9 Å². The minimum absolute atomic E-state index is 0.251. The van der Waals surface area contributed by atoms with Gasteiger partial charge in [0.2, 0.25) is 0 Å². The molecule has 0 saturated carbocycles. The molecule has 2 aromatic rings. The van der Waals surface area contributed by atoms with E-state index in [9.17, 15) is 13.2 Å². The van der Waals surface area contributed by atoms with Crippen LogP contribution in [-0.2, 0) is 6.18 Å². The first-order valence-corrected chi connectivity index (χ1v) is 6.04. The second-order valence-electron chi connectivity index (χ2n) is 3.94. The molecule has 0 aliphatic rings. The second kappa shape index (κ2) is 4.76. The van der Waals surface area contributed by atoms with E-state index in [0.29, 0.717) is 5.56 Å². The zero-order valence-corrected chi connectivity index (χ0v) is 11.0. The van der Waals surface area contributed by atoms with E-state index in [2.05, 4.69) is 21.0 Å². The summed E-state index contributed by atoms with van der Waals surface area (Å²) in [4.78, 5) is 0. The van der Waals surface area contributed by atoms with Gasteiger partial charge in [-0.2, -0.15) is 18.3 Å². The van der Waals surface area contributed by atoms with E-state index < -0.39 is 11.7 Å². The SMILES string of the molecule is C[C@@H](c1cccc(C(F)(F)F)c1)n1cc(Br)cn1. The molecule has 2 rings (SSSR count). The highest BCUT2D eigenvalue weighted by atomic mass is 79.9. The molecule has 0 aliphatic heterocycles. The zero-order valence-electron chi connectivity index (χ0n) is 9.45. The molecule has 0 aliphatic carbocycles. The van der Waals surface area contributed by atoms with Crippen molar-refractivity contribution in [1.82, 2.24) is 9.78 Å². The monoisotopic (exact) mass is 318 g/mol. The van der Waals surface area contributed by atoms with Crippen molar-refractivity contribution in [2.75, 3.05) is 0 Å². The van der Waals surface area contributed by atoms with Crippen molar-refractivity contribution in [3.8, 4) is 0 Å². The third kappa shape index (κ3) is 2.75. The lowest BCUT2D eigenvalue weighted by molar-refractivity contribution is -0.137. The Morgan fingerprint density at radius 2 is 2.06 bits per heavy atom. The van der Waals surface area contributed by atoms with Gasteiger partial charge in [0.05, 0.1) is 22.3 Å². The summed E-state index contributed by atoms with van der Waals surface area (Å²) in [5.41, 5.74) is -0.0708. The predicted octanol–water partition coefficient (Wildman–Crippen LogP) is 4.27. The fraction of sp³-hybridized carbons (Fsp3) is 0.250. The largest absolute Gasteiger partial charge is 0.416 e. The van der Waals surface area contributed by atoms with Crippen LogP contribution in [0.3, 0.4) is 0 Å². The Balaban J connectivity index is 2.34. The number of hydrogen-bond acceptors (Lipinski definition) is 1. The Hall–Kier alpha value is -1.30. The first-order chi connectivity index (χ1) is 8.38. The minimum atomic E-state index is -4.32. The Morgan fingerprint density at radius 1 is 1.33 bits per heavy atom. The third-order valence-electron chi connectivity index (χ3n) is 2.66. The second-order valence-corrected chi connectivity index (χ2v) is 4.85. The fourth-order valence-corrected chi connectivity index (χ4v) is 1.96. The first kappa shape index (κ1) is 13.1. The lowest BCUT2D eigenvalue weighted by Gasteiger charge is -2.14. The van der Waals surface area contributed by atoms with Gasteiger partial charge in [0.1, 0.15) is 0 Å². The average molecular weight is 319 g/mol. The fourth-order valence-electron chi connectivity index (χ4n) is 1.65. The maximum absolute atomic E-state index is 12.6. The molecule has 2 nitrogen and oxygen atoms in total. The van der Waals surface area contributed by atoms with E-state index in [-0.39, 0.29) is 6.04 Å². The molecule has 96 valence electrons. The van der Waals surface area contributed by atoms with Gasteiger partial charge in [0.25, 0.3) is 0 Å². The van der Waals surface area contributed by atoms with Gasteiger partial charge < -0.3 is 0 Å². The molecule has 0 N–H and O–H groups in total. The lowest BCUT2D eigenvalue weighted by atomic mass is 10.1. The highest BCUT2D eigenvalue weighted by Crippen LogP contribution is 2.31. The van der Waals surface area contributed by atoms with Crippen molar-refractivity contribution in [2.45, 2.75) is 19.1 Å². The Bertz CT molecular complexity index is 548. The number of benzene rings is 1. The smallest absolute Gasteiger partial charge is 0.264 e. The highest BCUT2D eigenvalue weighted by molar-refractivity contribution is 9.10. The van der Waals surface area contributed by atoms with Gasteiger partial charge in [-0.25, -0.2) is 0 Å². The summed E-state index contributed by atoms with van der Waals surface area (Å²) in [5.74, 6) is 0. The molecule has 0 saturated heterocycles. The van der Waals surface area contributed by atoms with Gasteiger partial charge in [-0.05, 0) is 40.5 Å². The molecule has 0 bridgehead atoms. The number of aromatic nitrogens is 2. The summed E-state index contributed by atoms with van der Waals surface area (Å²) >= 11 is 3.26. The van der Waals surface area contributed by atoms with E-state index >= 15 is 0 Å². The number of halogens is 4. The van der Waals surface area contributed by atoms with Crippen LogP contribution in [0.1, 0.15) is 24.1 Å². The van der Waals surface area contributed by atoms with Gasteiger partial charge in [-0.3, -0.25) is 4.68 Å². The molecule has 18 heavy (non-hydrogen) atoms. The van der Waals surface area contributed by atoms with Crippen molar-refractivity contribution in [2.24, 2.45) is 0 Å². The normalized spacial score (nSPS) is 13.6. The maximum atomic E-state index is 12.6. The standard InChI is InChI=1S/C12H10BrF3N2/c1-8(18-7-11(13)6-17-18)9-3-2-4-10(5-9)12(14,15)16/h2-8H,1H3/t8-/m0/s1. The molecule has 0 radical (unpaired) electrons. The van der Waals surface area contributed by atoms with Gasteiger partial charge in [0.15, 0.2) is 0 Å². The number of hydrogen-bond donors (Lipinski definition) is 0. The number of nitrogens with zero attached hydrogens (tertiary/aromatic N) is 2. The van der Waals surface area contributed by atoms with Crippen molar-refractivity contribution in [1.29, 1.82) is 0 Å². The summed E-state index contributed by atoms with van der Waals surface area (Å²) in [6, 6.07) is 5.04. The highest BCUT2D eigenvalue weighted by Gasteiger charge is 2.30. The van der Waals surface area contributed by atoms with Crippen LogP contribution < -0.4 is 0 Å². The van der Waals surface area contributed by atoms with Gasteiger partial charge >= 0.3 is 6.18 Å². The maximum Gasteiger partial charge on any atom is 0.416 e. The average Bonchev–Trinajstić information content (AvgIpc) is 2.74. The van der Waals surface area contributed by atoms with E-state index in [1.54, 1.807) is 30.1 Å². The van der Waals surface area contributed by atoms with Crippen LogP contribution in [0, 0.1) is 0 Å². The summed E-state index contributed by atoms with van der Waals surface area (Å²) in [6.45, 7) is 1.80. The van der Waals surface area contributed by atoms with Crippen LogP contribution in [-0.4, -0.2) is 9.78 Å². The van der Waals surface area contributed by atoms with Gasteiger partial charge in [-0.1, -0.05) is 12.1 Å². The first-order valence-electron chi connectivity index (χ1n) is 5.25. The van der Waals surface area contributed by atoms with E-state index in [1.807, 2.05) is 0 Å². The summed E-state index contributed by atoms with van der Waals surface area (Å²) < 4.78 is 40.2. The van der Waals surface area contributed by atoms with E-state index in [4.69, 9.17) is 0 Å². The molecule has 0 amide bonds. The van der Waals surface area contributed by atoms with Gasteiger partial charge in [0, 0.05) is 6.20 Å². The lowest BCUT2D eigenvalue weighted by Crippen LogP contribution is -2.10. The Labute approximate surface area is 111 Å². The summed E-state index contributed by atoms with van der Waals surface area (Å²) in [5, 5.41) is 4.07. The quantitative estimate of drug-likeness (QED) is 0.808. The molecule has 0 fully saturated rings. The van der Waals surface area contributed by atoms with Crippen LogP contribution in [0.2, 0.25) is 0 Å². The van der Waals surface area contributed by atoms with Crippen LogP contribution in [0.25, 0.3) is 0 Å². The molecule has 1 heterocycles. The van der Waals surface area contributed by atoms with Crippen LogP contribution in [0.15, 0.2) is 41.1 Å². The van der Waals surface area contributed by atoms with Crippen LogP contribution in [0.4, 0.5) is 13.2 Å². The number of rotatable bonds is 2. The molecule has 0 spiro atoms. The minimum Gasteiger partial charge on any atom is -0.264 e. The molecule has 6 heteroatoms. The number of alkyl halides is 3. The Morgan fingerprint density at radius 3 is 2.61 bits per heavy atom. The van der Waals surface area contributed by atoms with Crippen molar-refractivity contribution < 1.29 is 13.2 Å². The van der Waals surface area contributed by atoms with Crippen molar-refractivity contribution in [3.63, 3.8) is 0 Å². The molecular weight excluding hydrogens is 309 g/mol. The molecule has 0 unspecified atom stereocenters. The van der Waals surface area contributed by atoms with Crippen molar-refractivity contribution >= 4 is 15.9 Å². The zero-order chi connectivity index (χ0) is 13.3. The summed E-state index contributed by atoms with van der Waals surface area (Å²) in [6.07, 6.45) is -0.991. The van der Waals surface area contributed by atoms with Crippen molar-refractivity contribution in [3.05, 3.63) is 52.3 Å². The molecule has 1 atom stereocenters. The van der Waals surface area contributed by atoms with E-state index in [1.165, 1.54) is 6.07 Å². The molecular formula is C12H10BrF3N2. The van der Waals surface area contributed by atoms with Gasteiger partial charge in [-0.15, -0.1) is 0 Å². The third-order valence-corrected chi connectivity index (χ3v) is 3.07. The summed E-state index contributed by atoms with van der Waals surface area (Å²) in [7, 11) is 0. The molecule has 1 aromatic carbocycles. The predicted molar refractivity (Wildman–Crippen MR) is 65.2 cm³/mol. The van der Waals surface area contributed by atoms with Crippen LogP contribution in [0.5, 0.6) is 0 Å². The molecule has 1 aromatic heterocycles. The topological polar surface area (TPSA) is 17.8 Å². The van der Waals surface area contributed by atoms with E-state index in [0.717, 1.165) is 16.6 Å². The Kier molecular flexibility index (Phi) is 3.47.